The van der Waals surface area contributed by atoms with E-state index in [0.29, 0.717) is 12.3 Å². The van der Waals surface area contributed by atoms with Crippen molar-refractivity contribution < 1.29 is 9.21 Å². The topological polar surface area (TPSA) is 75.1 Å². The summed E-state index contributed by atoms with van der Waals surface area (Å²) in [6, 6.07) is 11.5. The summed E-state index contributed by atoms with van der Waals surface area (Å²) in [7, 11) is 0. The molecule has 3 heterocycles. The van der Waals surface area contributed by atoms with E-state index in [1.807, 2.05) is 38.1 Å². The van der Waals surface area contributed by atoms with Crippen molar-refractivity contribution in [3.05, 3.63) is 82.8 Å². The standard InChI is InChI=1S/C24H26N4O2/c1-4-10-28-18(2)12-21(19(28)3)13-22(14-25)24(29)27(17-23-8-6-11-30-23)16-20-7-5-9-26-15-20/h5-9,11-13,15H,4,10,16-17H2,1-3H3/b22-13+. The van der Waals surface area contributed by atoms with Crippen molar-refractivity contribution in [2.24, 2.45) is 0 Å². The predicted octanol–water partition coefficient (Wildman–Crippen LogP) is 4.64. The summed E-state index contributed by atoms with van der Waals surface area (Å²) in [5, 5.41) is 9.76. The van der Waals surface area contributed by atoms with E-state index in [4.69, 9.17) is 4.42 Å². The summed E-state index contributed by atoms with van der Waals surface area (Å²) in [5.41, 5.74) is 4.05. The molecule has 0 unspecified atom stereocenters. The summed E-state index contributed by atoms with van der Waals surface area (Å²) in [6.07, 6.45) is 7.69. The number of carbonyl (C=O) groups is 1. The maximum absolute atomic E-state index is 13.3. The fourth-order valence-corrected chi connectivity index (χ4v) is 3.51. The van der Waals surface area contributed by atoms with Gasteiger partial charge in [0.15, 0.2) is 0 Å². The summed E-state index contributed by atoms with van der Waals surface area (Å²) >= 11 is 0. The maximum Gasteiger partial charge on any atom is 0.265 e. The molecular weight excluding hydrogens is 376 g/mol. The zero-order chi connectivity index (χ0) is 21.5. The minimum Gasteiger partial charge on any atom is -0.467 e. The third-order valence-corrected chi connectivity index (χ3v) is 5.02. The van der Waals surface area contributed by atoms with Crippen molar-refractivity contribution in [1.82, 2.24) is 14.5 Å². The molecule has 0 N–H and O–H groups in total. The van der Waals surface area contributed by atoms with E-state index in [0.717, 1.165) is 35.5 Å². The highest BCUT2D eigenvalue weighted by Gasteiger charge is 2.21. The maximum atomic E-state index is 13.3. The van der Waals surface area contributed by atoms with E-state index in [1.165, 1.54) is 0 Å². The van der Waals surface area contributed by atoms with Gasteiger partial charge in [-0.05, 0) is 61.7 Å². The van der Waals surface area contributed by atoms with E-state index in [9.17, 15) is 10.1 Å². The minimum atomic E-state index is -0.335. The highest BCUT2D eigenvalue weighted by molar-refractivity contribution is 6.01. The molecule has 6 nitrogen and oxygen atoms in total. The van der Waals surface area contributed by atoms with Crippen LogP contribution in [0.3, 0.4) is 0 Å². The second kappa shape index (κ2) is 9.75. The third-order valence-electron chi connectivity index (χ3n) is 5.02. The molecule has 3 rings (SSSR count). The summed E-state index contributed by atoms with van der Waals surface area (Å²) in [4.78, 5) is 19.0. The van der Waals surface area contributed by atoms with Gasteiger partial charge in [0.2, 0.25) is 0 Å². The quantitative estimate of drug-likeness (QED) is 0.406. The monoisotopic (exact) mass is 402 g/mol. The molecule has 0 saturated carbocycles. The van der Waals surface area contributed by atoms with E-state index in [1.54, 1.807) is 35.7 Å². The number of aromatic nitrogens is 2. The lowest BCUT2D eigenvalue weighted by atomic mass is 10.1. The van der Waals surface area contributed by atoms with Gasteiger partial charge in [0.05, 0.1) is 12.8 Å². The molecule has 0 bridgehead atoms. The fourth-order valence-electron chi connectivity index (χ4n) is 3.51. The van der Waals surface area contributed by atoms with Crippen molar-refractivity contribution in [3.63, 3.8) is 0 Å². The molecular formula is C24H26N4O2. The molecule has 6 heteroatoms. The normalized spacial score (nSPS) is 11.3. The van der Waals surface area contributed by atoms with Gasteiger partial charge in [0.25, 0.3) is 5.91 Å². The van der Waals surface area contributed by atoms with Crippen molar-refractivity contribution in [1.29, 1.82) is 5.26 Å². The third kappa shape index (κ3) is 4.87. The first kappa shape index (κ1) is 21.1. The molecule has 30 heavy (non-hydrogen) atoms. The molecule has 0 aromatic carbocycles. The molecule has 0 aliphatic carbocycles. The first-order valence-corrected chi connectivity index (χ1v) is 10.0. The van der Waals surface area contributed by atoms with Crippen molar-refractivity contribution >= 4 is 12.0 Å². The van der Waals surface area contributed by atoms with Crippen molar-refractivity contribution in [3.8, 4) is 6.07 Å². The zero-order valence-corrected chi connectivity index (χ0v) is 17.6. The number of rotatable bonds is 8. The fraction of sp³-hybridized carbons (Fsp3) is 0.292. The van der Waals surface area contributed by atoms with Crippen LogP contribution in [0.15, 0.2) is 59.0 Å². The smallest absolute Gasteiger partial charge is 0.265 e. The lowest BCUT2D eigenvalue weighted by molar-refractivity contribution is -0.128. The summed E-state index contributed by atoms with van der Waals surface area (Å²) < 4.78 is 7.64. The Morgan fingerprint density at radius 2 is 2.13 bits per heavy atom. The van der Waals surface area contributed by atoms with Gasteiger partial charge < -0.3 is 13.9 Å². The Morgan fingerprint density at radius 3 is 2.77 bits per heavy atom. The number of carbonyl (C=O) groups excluding carboxylic acids is 1. The van der Waals surface area contributed by atoms with E-state index in [2.05, 4.69) is 22.5 Å². The molecule has 0 spiro atoms. The van der Waals surface area contributed by atoms with Crippen LogP contribution < -0.4 is 0 Å². The molecule has 0 atom stereocenters. The Bertz CT molecular complexity index is 1060. The minimum absolute atomic E-state index is 0.0993. The molecule has 0 fully saturated rings. The Labute approximate surface area is 177 Å². The van der Waals surface area contributed by atoms with Crippen LogP contribution in [-0.4, -0.2) is 20.4 Å². The molecule has 0 radical (unpaired) electrons. The Hall–Kier alpha value is -3.59. The number of pyridine rings is 1. The van der Waals surface area contributed by atoms with Gasteiger partial charge >= 0.3 is 0 Å². The first-order chi connectivity index (χ1) is 14.5. The number of hydrogen-bond donors (Lipinski definition) is 0. The van der Waals surface area contributed by atoms with E-state index < -0.39 is 0 Å². The van der Waals surface area contributed by atoms with E-state index >= 15 is 0 Å². The molecule has 3 aromatic rings. The van der Waals surface area contributed by atoms with Crippen molar-refractivity contribution in [2.75, 3.05) is 0 Å². The van der Waals surface area contributed by atoms with Crippen LogP contribution in [0.5, 0.6) is 0 Å². The van der Waals surface area contributed by atoms with Gasteiger partial charge in [-0.25, -0.2) is 0 Å². The van der Waals surface area contributed by atoms with Crippen LogP contribution in [0.1, 0.15) is 41.6 Å². The van der Waals surface area contributed by atoms with E-state index in [-0.39, 0.29) is 18.0 Å². The van der Waals surface area contributed by atoms with Crippen LogP contribution in [0.25, 0.3) is 6.08 Å². The molecule has 154 valence electrons. The summed E-state index contributed by atoms with van der Waals surface area (Å²) in [6.45, 7) is 7.70. The Balaban J connectivity index is 1.92. The average molecular weight is 402 g/mol. The number of aryl methyl sites for hydroxylation is 1. The van der Waals surface area contributed by atoms with Gasteiger partial charge in [-0.1, -0.05) is 13.0 Å². The number of nitriles is 1. The highest BCUT2D eigenvalue weighted by Crippen LogP contribution is 2.21. The molecule has 3 aromatic heterocycles. The first-order valence-electron chi connectivity index (χ1n) is 10.0. The lowest BCUT2D eigenvalue weighted by Crippen LogP contribution is -2.31. The predicted molar refractivity (Wildman–Crippen MR) is 115 cm³/mol. The number of amides is 1. The number of hydrogen-bond acceptors (Lipinski definition) is 4. The molecule has 0 aliphatic rings. The lowest BCUT2D eigenvalue weighted by Gasteiger charge is -2.21. The second-order valence-electron chi connectivity index (χ2n) is 7.25. The SMILES string of the molecule is CCCn1c(C)cc(/C=C(\C#N)C(=O)N(Cc2cccnc2)Cc2ccco2)c1C. The van der Waals surface area contributed by atoms with Crippen LogP contribution in [0, 0.1) is 25.2 Å². The van der Waals surface area contributed by atoms with Gasteiger partial charge in [-0.2, -0.15) is 5.26 Å². The number of nitrogens with zero attached hydrogens (tertiary/aromatic N) is 4. The Morgan fingerprint density at radius 1 is 1.30 bits per heavy atom. The summed E-state index contributed by atoms with van der Waals surface area (Å²) in [5.74, 6) is 0.323. The number of furan rings is 1. The van der Waals surface area contributed by atoms with Crippen LogP contribution in [0.4, 0.5) is 0 Å². The molecule has 0 saturated heterocycles. The van der Waals surface area contributed by atoms with Crippen LogP contribution >= 0.6 is 0 Å². The van der Waals surface area contributed by atoms with Gasteiger partial charge in [0.1, 0.15) is 17.4 Å². The van der Waals surface area contributed by atoms with Gasteiger partial charge in [-0.15, -0.1) is 0 Å². The second-order valence-corrected chi connectivity index (χ2v) is 7.25. The van der Waals surface area contributed by atoms with Crippen LogP contribution in [-0.2, 0) is 24.4 Å². The van der Waals surface area contributed by atoms with Gasteiger partial charge in [0, 0.05) is 36.9 Å². The Kier molecular flexibility index (Phi) is 6.87. The largest absolute Gasteiger partial charge is 0.467 e. The van der Waals surface area contributed by atoms with Crippen molar-refractivity contribution in [2.45, 2.75) is 46.8 Å². The molecule has 0 aliphatic heterocycles. The zero-order valence-electron chi connectivity index (χ0n) is 17.6. The molecule has 1 amide bonds. The van der Waals surface area contributed by atoms with Crippen LogP contribution in [0.2, 0.25) is 0 Å². The highest BCUT2D eigenvalue weighted by atomic mass is 16.3. The average Bonchev–Trinajstić information content (AvgIpc) is 3.35. The van der Waals surface area contributed by atoms with Gasteiger partial charge in [-0.3, -0.25) is 9.78 Å².